The fraction of sp³-hybridized carbons (Fsp3) is 0.600. The summed E-state index contributed by atoms with van der Waals surface area (Å²) in [4.78, 5) is 24.3. The molecule has 4 rings (SSSR count). The lowest BCUT2D eigenvalue weighted by Crippen LogP contribution is -2.48. The van der Waals surface area contributed by atoms with E-state index in [1.807, 2.05) is 20.0 Å². The molecule has 0 unspecified atom stereocenters. The van der Waals surface area contributed by atoms with Crippen LogP contribution in [0.5, 0.6) is 0 Å². The van der Waals surface area contributed by atoms with Gasteiger partial charge in [0, 0.05) is 43.7 Å². The molecule has 1 amide bonds. The number of anilines is 1. The molecule has 28 heavy (non-hydrogen) atoms. The van der Waals surface area contributed by atoms with Crippen LogP contribution in [0, 0.1) is 0 Å². The van der Waals surface area contributed by atoms with Crippen LogP contribution in [0.4, 0.5) is 5.95 Å². The van der Waals surface area contributed by atoms with Gasteiger partial charge in [-0.3, -0.25) is 4.79 Å². The highest BCUT2D eigenvalue weighted by Gasteiger charge is 2.27. The number of aromatic nitrogens is 3. The summed E-state index contributed by atoms with van der Waals surface area (Å²) in [5.41, 5.74) is 3.48. The third kappa shape index (κ3) is 3.73. The Kier molecular flexibility index (Phi) is 5.57. The van der Waals surface area contributed by atoms with Gasteiger partial charge in [0.1, 0.15) is 11.3 Å². The van der Waals surface area contributed by atoms with Crippen molar-refractivity contribution in [2.24, 2.45) is 0 Å². The summed E-state index contributed by atoms with van der Waals surface area (Å²) in [5, 5.41) is 7.22. The van der Waals surface area contributed by atoms with Crippen molar-refractivity contribution in [3.05, 3.63) is 34.5 Å². The van der Waals surface area contributed by atoms with Crippen LogP contribution in [0.1, 0.15) is 59.8 Å². The van der Waals surface area contributed by atoms with Crippen molar-refractivity contribution in [3.8, 4) is 0 Å². The van der Waals surface area contributed by atoms with E-state index in [4.69, 9.17) is 14.2 Å². The highest BCUT2D eigenvalue weighted by atomic mass is 16.5. The molecule has 1 atom stereocenters. The van der Waals surface area contributed by atoms with Gasteiger partial charge in [-0.1, -0.05) is 19.0 Å². The van der Waals surface area contributed by atoms with Gasteiger partial charge in [0.15, 0.2) is 0 Å². The lowest BCUT2D eigenvalue weighted by molar-refractivity contribution is 0.0930. The van der Waals surface area contributed by atoms with Crippen LogP contribution in [0.25, 0.3) is 0 Å². The largest absolute Gasteiger partial charge is 0.376 e. The molecule has 0 aliphatic carbocycles. The average molecular weight is 385 g/mol. The summed E-state index contributed by atoms with van der Waals surface area (Å²) in [6.45, 7) is 6.85. The zero-order chi connectivity index (χ0) is 19.5. The molecule has 0 aromatic carbocycles. The number of aryl methyl sites for hydroxylation is 2. The Balaban J connectivity index is 1.46. The highest BCUT2D eigenvalue weighted by molar-refractivity contribution is 5.96. The molecular weight excluding hydrogens is 358 g/mol. The third-order valence-electron chi connectivity index (χ3n) is 5.44. The first-order chi connectivity index (χ1) is 13.7. The molecule has 0 saturated carbocycles. The Bertz CT molecular complexity index is 829. The van der Waals surface area contributed by atoms with Crippen LogP contribution < -0.4 is 10.2 Å². The van der Waals surface area contributed by atoms with E-state index >= 15 is 0 Å². The second-order valence-corrected chi connectivity index (χ2v) is 7.34. The molecule has 1 fully saturated rings. The molecule has 2 aliphatic heterocycles. The van der Waals surface area contributed by atoms with Crippen LogP contribution in [-0.4, -0.2) is 46.8 Å². The summed E-state index contributed by atoms with van der Waals surface area (Å²) < 4.78 is 10.8. The average Bonchev–Trinajstić information content (AvgIpc) is 3.17. The zero-order valence-corrected chi connectivity index (χ0v) is 16.5. The summed E-state index contributed by atoms with van der Waals surface area (Å²) in [6.07, 6.45) is 5.95. The number of nitrogens with zero attached hydrogens (tertiary/aromatic N) is 4. The number of ether oxygens (including phenoxy) is 1. The van der Waals surface area contributed by atoms with E-state index in [0.717, 1.165) is 48.7 Å². The van der Waals surface area contributed by atoms with Gasteiger partial charge in [-0.15, -0.1) is 0 Å². The van der Waals surface area contributed by atoms with E-state index in [9.17, 15) is 4.79 Å². The maximum Gasteiger partial charge on any atom is 0.257 e. The second kappa shape index (κ2) is 8.26. The molecule has 2 aromatic heterocycles. The number of hydrogen-bond donors (Lipinski definition) is 1. The summed E-state index contributed by atoms with van der Waals surface area (Å²) in [7, 11) is 0. The second-order valence-electron chi connectivity index (χ2n) is 7.34. The maximum atomic E-state index is 12.9. The SMILES string of the molecule is CCc1noc(CC)c1C(=O)N[C@@H]1CCCN(c2ncc3c(n2)CCOC3)C1. The molecule has 1 saturated heterocycles. The molecule has 8 nitrogen and oxygen atoms in total. The third-order valence-corrected chi connectivity index (χ3v) is 5.44. The Morgan fingerprint density at radius 2 is 2.25 bits per heavy atom. The molecule has 150 valence electrons. The van der Waals surface area contributed by atoms with E-state index < -0.39 is 0 Å². The van der Waals surface area contributed by atoms with Gasteiger partial charge in [-0.25, -0.2) is 9.97 Å². The van der Waals surface area contributed by atoms with Crippen LogP contribution in [0.2, 0.25) is 0 Å². The van der Waals surface area contributed by atoms with Gasteiger partial charge in [0.05, 0.1) is 24.6 Å². The van der Waals surface area contributed by atoms with Gasteiger partial charge in [-0.05, 0) is 19.3 Å². The minimum atomic E-state index is -0.0923. The monoisotopic (exact) mass is 385 g/mol. The minimum absolute atomic E-state index is 0.0496. The van der Waals surface area contributed by atoms with Gasteiger partial charge in [0.2, 0.25) is 5.95 Å². The minimum Gasteiger partial charge on any atom is -0.376 e. The van der Waals surface area contributed by atoms with E-state index in [1.165, 1.54) is 0 Å². The Morgan fingerprint density at radius 3 is 3.07 bits per heavy atom. The number of amides is 1. The van der Waals surface area contributed by atoms with Crippen molar-refractivity contribution in [2.75, 3.05) is 24.6 Å². The van der Waals surface area contributed by atoms with Crippen molar-refractivity contribution in [1.82, 2.24) is 20.4 Å². The smallest absolute Gasteiger partial charge is 0.257 e. The maximum absolute atomic E-state index is 12.9. The Hall–Kier alpha value is -2.48. The van der Waals surface area contributed by atoms with Crippen LogP contribution >= 0.6 is 0 Å². The fourth-order valence-corrected chi connectivity index (χ4v) is 3.91. The predicted molar refractivity (Wildman–Crippen MR) is 103 cm³/mol. The quantitative estimate of drug-likeness (QED) is 0.842. The zero-order valence-electron chi connectivity index (χ0n) is 16.5. The van der Waals surface area contributed by atoms with Crippen molar-refractivity contribution >= 4 is 11.9 Å². The van der Waals surface area contributed by atoms with Gasteiger partial charge in [0.25, 0.3) is 5.91 Å². The van der Waals surface area contributed by atoms with E-state index in [0.29, 0.717) is 43.9 Å². The summed E-state index contributed by atoms with van der Waals surface area (Å²) >= 11 is 0. The van der Waals surface area contributed by atoms with Gasteiger partial charge < -0.3 is 19.5 Å². The fourth-order valence-electron chi connectivity index (χ4n) is 3.91. The molecule has 1 N–H and O–H groups in total. The van der Waals surface area contributed by atoms with Crippen molar-refractivity contribution in [2.45, 2.75) is 58.6 Å². The topological polar surface area (TPSA) is 93.4 Å². The highest BCUT2D eigenvalue weighted by Crippen LogP contribution is 2.21. The molecule has 0 bridgehead atoms. The number of piperidine rings is 1. The first kappa shape index (κ1) is 18.9. The normalized spacial score (nSPS) is 19.4. The molecule has 0 radical (unpaired) electrons. The summed E-state index contributed by atoms with van der Waals surface area (Å²) in [6, 6.07) is 0.0496. The Morgan fingerprint density at radius 1 is 1.36 bits per heavy atom. The van der Waals surface area contributed by atoms with Crippen molar-refractivity contribution in [1.29, 1.82) is 0 Å². The van der Waals surface area contributed by atoms with Gasteiger partial charge >= 0.3 is 0 Å². The van der Waals surface area contributed by atoms with Crippen LogP contribution in [0.3, 0.4) is 0 Å². The first-order valence-corrected chi connectivity index (χ1v) is 10.1. The molecule has 0 spiro atoms. The van der Waals surface area contributed by atoms with Gasteiger partial charge in [-0.2, -0.15) is 0 Å². The number of fused-ring (bicyclic) bond motifs is 1. The van der Waals surface area contributed by atoms with E-state index in [2.05, 4.69) is 20.4 Å². The number of rotatable bonds is 5. The lowest BCUT2D eigenvalue weighted by Gasteiger charge is -2.33. The molecular formula is C20H27N5O3. The molecule has 8 heteroatoms. The van der Waals surface area contributed by atoms with Crippen molar-refractivity contribution in [3.63, 3.8) is 0 Å². The number of carbonyl (C=O) groups excluding carboxylic acids is 1. The first-order valence-electron chi connectivity index (χ1n) is 10.1. The van der Waals surface area contributed by atoms with Crippen molar-refractivity contribution < 1.29 is 14.1 Å². The lowest BCUT2D eigenvalue weighted by atomic mass is 10.0. The number of nitrogens with one attached hydrogen (secondary N) is 1. The number of carbonyl (C=O) groups is 1. The summed E-state index contributed by atoms with van der Waals surface area (Å²) in [5.74, 6) is 1.31. The van der Waals surface area contributed by atoms with Crippen LogP contribution in [-0.2, 0) is 30.6 Å². The molecule has 2 aliphatic rings. The predicted octanol–water partition coefficient (Wildman–Crippen LogP) is 2.06. The standard InChI is InChI=1S/C20H27N5O3/c1-3-15-18(17(4-2)28-24-15)19(26)22-14-6-5-8-25(11-14)20-21-10-13-12-27-9-7-16(13)23-20/h10,14H,3-9,11-12H2,1-2H3,(H,22,26)/t14-/m1/s1. The number of hydrogen-bond acceptors (Lipinski definition) is 7. The van der Waals surface area contributed by atoms with E-state index in [1.54, 1.807) is 0 Å². The Labute approximate surface area is 164 Å². The molecule has 4 heterocycles. The molecule has 2 aromatic rings. The van der Waals surface area contributed by atoms with E-state index in [-0.39, 0.29) is 11.9 Å². The van der Waals surface area contributed by atoms with Crippen LogP contribution in [0.15, 0.2) is 10.7 Å².